The number of benzene rings is 2. The molecular weight excluding hydrogens is 525 g/mol. The van der Waals surface area contributed by atoms with Crippen LogP contribution in [0.4, 0.5) is 4.79 Å². The van der Waals surface area contributed by atoms with Crippen LogP contribution in [0, 0.1) is 0 Å². The highest BCUT2D eigenvalue weighted by Gasteiger charge is 2.38. The maximum Gasteiger partial charge on any atom is 0.495 e. The fraction of sp³-hybridized carbons (Fsp3) is 0.500. The highest BCUT2D eigenvalue weighted by molar-refractivity contribution is 6.63. The van der Waals surface area contributed by atoms with Crippen LogP contribution < -0.4 is 31.4 Å². The van der Waals surface area contributed by atoms with Crippen LogP contribution >= 0.6 is 12.4 Å². The average Bonchev–Trinajstić information content (AvgIpc) is 3.35. The molecule has 1 amide bonds. The molecule has 39 heavy (non-hydrogen) atoms. The van der Waals surface area contributed by atoms with Crippen molar-refractivity contribution in [2.24, 2.45) is 5.73 Å². The molecule has 2 aromatic carbocycles. The molecule has 216 valence electrons. The summed E-state index contributed by atoms with van der Waals surface area (Å²) in [6.07, 6.45) is -1.17. The first-order chi connectivity index (χ1) is 17.6. The van der Waals surface area contributed by atoms with Crippen molar-refractivity contribution in [2.45, 2.75) is 59.9 Å². The minimum absolute atomic E-state index is 0. The molecule has 2 atom stereocenters. The number of rotatable bonds is 7. The summed E-state index contributed by atoms with van der Waals surface area (Å²) in [6, 6.07) is 11.1. The summed E-state index contributed by atoms with van der Waals surface area (Å²) >= 11 is 0. The van der Waals surface area contributed by atoms with Crippen molar-refractivity contribution in [3.63, 3.8) is 0 Å². The van der Waals surface area contributed by atoms with E-state index in [1.165, 1.54) is 0 Å². The topological polar surface area (TPSA) is 142 Å². The molecule has 0 fully saturated rings. The van der Waals surface area contributed by atoms with Gasteiger partial charge in [0, 0.05) is 24.0 Å². The van der Waals surface area contributed by atoms with Crippen LogP contribution in [0.3, 0.4) is 0 Å². The van der Waals surface area contributed by atoms with E-state index in [9.17, 15) is 14.8 Å². The Morgan fingerprint density at radius 3 is 1.85 bits per heavy atom. The lowest BCUT2D eigenvalue weighted by Gasteiger charge is -2.21. The Morgan fingerprint density at radius 2 is 1.41 bits per heavy atom. The number of hydrogen-bond donors (Lipinski definition) is 4. The standard InChI is InChI=1S/C15H22BNO5.C10H14BNO3.CH4.ClH/c1-5-20-11-8-6-7-10-12(22-16(19)13(10)11)9-17-14(18)21-15(2,3)4;1-2-14-8-5-3-4-7-9(6-12)15-11(13)10(7)8;;/h6-8,12,19H,5,9H2,1-4H3,(H,17,18);3-5,9,13H,2,6,12H2,1H3;1H4;1H/t12-;9-;;/m11../s1. The third kappa shape index (κ3) is 8.76. The fourth-order valence-corrected chi connectivity index (χ4v) is 4.20. The van der Waals surface area contributed by atoms with Gasteiger partial charge in [0.1, 0.15) is 17.1 Å². The summed E-state index contributed by atoms with van der Waals surface area (Å²) < 4.78 is 26.9. The maximum absolute atomic E-state index is 11.7. The summed E-state index contributed by atoms with van der Waals surface area (Å²) in [7, 11) is -1.97. The molecule has 2 heterocycles. The quantitative estimate of drug-likeness (QED) is 0.371. The monoisotopic (exact) mass is 566 g/mol. The number of nitrogens with two attached hydrogens (primary N) is 1. The lowest BCUT2D eigenvalue weighted by Crippen LogP contribution is -2.35. The molecule has 0 radical (unpaired) electrons. The zero-order valence-corrected chi connectivity index (χ0v) is 23.2. The van der Waals surface area contributed by atoms with Crippen molar-refractivity contribution in [2.75, 3.05) is 26.3 Å². The molecule has 10 nitrogen and oxygen atoms in total. The number of ether oxygens (including phenoxy) is 3. The van der Waals surface area contributed by atoms with Gasteiger partial charge in [0.2, 0.25) is 0 Å². The molecule has 13 heteroatoms. The van der Waals surface area contributed by atoms with Crippen LogP contribution in [0.15, 0.2) is 36.4 Å². The highest BCUT2D eigenvalue weighted by atomic mass is 35.5. The molecule has 2 aliphatic heterocycles. The van der Waals surface area contributed by atoms with E-state index in [4.69, 9.17) is 29.3 Å². The predicted octanol–water partition coefficient (Wildman–Crippen LogP) is 2.23. The van der Waals surface area contributed by atoms with E-state index in [-0.39, 0.29) is 32.5 Å². The van der Waals surface area contributed by atoms with E-state index in [2.05, 4.69) is 5.32 Å². The third-order valence-corrected chi connectivity index (χ3v) is 5.62. The number of nitrogens with one attached hydrogen (secondary N) is 1. The van der Waals surface area contributed by atoms with E-state index in [0.29, 0.717) is 36.7 Å². The summed E-state index contributed by atoms with van der Waals surface area (Å²) in [6.45, 7) is 10.8. The number of fused-ring (bicyclic) bond motifs is 2. The Balaban J connectivity index is 0.000000394. The Labute approximate surface area is 238 Å². The van der Waals surface area contributed by atoms with Crippen LogP contribution in [-0.4, -0.2) is 62.3 Å². The Hall–Kier alpha value is -2.47. The van der Waals surface area contributed by atoms with E-state index in [1.807, 2.05) is 44.2 Å². The van der Waals surface area contributed by atoms with Crippen LogP contribution in [0.1, 0.15) is 65.4 Å². The van der Waals surface area contributed by atoms with Gasteiger partial charge >= 0.3 is 20.3 Å². The Bertz CT molecular complexity index is 1070. The Morgan fingerprint density at radius 1 is 0.949 bits per heavy atom. The normalized spacial score (nSPS) is 17.0. The van der Waals surface area contributed by atoms with Crippen molar-refractivity contribution in [3.05, 3.63) is 47.5 Å². The second kappa shape index (κ2) is 15.4. The Kier molecular flexibility index (Phi) is 13.6. The smallest absolute Gasteiger partial charge is 0.494 e. The lowest BCUT2D eigenvalue weighted by molar-refractivity contribution is 0.0498. The molecule has 0 aliphatic carbocycles. The summed E-state index contributed by atoms with van der Waals surface area (Å²) in [5.74, 6) is 1.28. The number of alkyl carbamates (subject to hydrolysis) is 1. The molecule has 0 saturated carbocycles. The molecule has 5 N–H and O–H groups in total. The van der Waals surface area contributed by atoms with Gasteiger partial charge in [-0.25, -0.2) is 4.79 Å². The first kappa shape index (κ1) is 34.6. The molecule has 2 aromatic rings. The molecule has 0 bridgehead atoms. The number of carbonyl (C=O) groups is 1. The molecular formula is C26H41B2ClN2O8. The van der Waals surface area contributed by atoms with Gasteiger partial charge in [0.25, 0.3) is 0 Å². The third-order valence-electron chi connectivity index (χ3n) is 5.62. The number of amides is 1. The van der Waals surface area contributed by atoms with Crippen molar-refractivity contribution in [1.82, 2.24) is 5.32 Å². The second-order valence-corrected chi connectivity index (χ2v) is 9.46. The number of carbonyl (C=O) groups excluding carboxylic acids is 1. The molecule has 0 aromatic heterocycles. The summed E-state index contributed by atoms with van der Waals surface area (Å²) in [5, 5.41) is 22.5. The van der Waals surface area contributed by atoms with Crippen LogP contribution in [0.2, 0.25) is 0 Å². The first-order valence-electron chi connectivity index (χ1n) is 12.4. The minimum atomic E-state index is -1.05. The van der Waals surface area contributed by atoms with E-state index < -0.39 is 32.0 Å². The zero-order chi connectivity index (χ0) is 27.2. The van der Waals surface area contributed by atoms with Gasteiger partial charge in [-0.05, 0) is 57.9 Å². The minimum Gasteiger partial charge on any atom is -0.494 e. The van der Waals surface area contributed by atoms with Gasteiger partial charge in [-0.2, -0.15) is 0 Å². The van der Waals surface area contributed by atoms with Gasteiger partial charge in [0.05, 0.1) is 25.4 Å². The predicted molar refractivity (Wildman–Crippen MR) is 155 cm³/mol. The van der Waals surface area contributed by atoms with Gasteiger partial charge in [-0.15, -0.1) is 12.4 Å². The zero-order valence-electron chi connectivity index (χ0n) is 22.4. The largest absolute Gasteiger partial charge is 0.495 e. The van der Waals surface area contributed by atoms with Crippen LogP contribution in [0.25, 0.3) is 0 Å². The first-order valence-corrected chi connectivity index (χ1v) is 12.4. The van der Waals surface area contributed by atoms with Crippen molar-refractivity contribution in [1.29, 1.82) is 0 Å². The highest BCUT2D eigenvalue weighted by Crippen LogP contribution is 2.28. The average molecular weight is 567 g/mol. The maximum atomic E-state index is 11.7. The van der Waals surface area contributed by atoms with E-state index in [0.717, 1.165) is 16.6 Å². The van der Waals surface area contributed by atoms with Gasteiger partial charge in [-0.3, -0.25) is 0 Å². The van der Waals surface area contributed by atoms with Crippen LogP contribution in [0.5, 0.6) is 11.5 Å². The molecule has 0 unspecified atom stereocenters. The van der Waals surface area contributed by atoms with Crippen molar-refractivity contribution >= 4 is 43.7 Å². The second-order valence-electron chi connectivity index (χ2n) is 9.46. The SMILES string of the molecule is C.CCOc1cccc2c1B(O)O[C@@H]2CN.CCOc1cccc2c1B(O)O[C@@H]2CNC(=O)OC(C)(C)C.Cl. The number of halogens is 1. The lowest BCUT2D eigenvalue weighted by atomic mass is 9.78. The van der Waals surface area contributed by atoms with Crippen molar-refractivity contribution < 1.29 is 38.4 Å². The number of hydrogen-bond acceptors (Lipinski definition) is 9. The molecule has 2 aliphatic rings. The fourth-order valence-electron chi connectivity index (χ4n) is 4.20. The van der Waals surface area contributed by atoms with Gasteiger partial charge in [-0.1, -0.05) is 31.7 Å². The molecule has 0 spiro atoms. The molecule has 4 rings (SSSR count). The van der Waals surface area contributed by atoms with Gasteiger partial charge in [0.15, 0.2) is 0 Å². The molecule has 0 saturated heterocycles. The van der Waals surface area contributed by atoms with Crippen LogP contribution in [-0.2, 0) is 14.0 Å². The summed E-state index contributed by atoms with van der Waals surface area (Å²) in [5.41, 5.74) is 8.09. The van der Waals surface area contributed by atoms with Crippen molar-refractivity contribution in [3.8, 4) is 11.5 Å². The van der Waals surface area contributed by atoms with E-state index >= 15 is 0 Å². The van der Waals surface area contributed by atoms with Gasteiger partial charge < -0.3 is 44.6 Å². The summed E-state index contributed by atoms with van der Waals surface area (Å²) in [4.78, 5) is 11.7. The van der Waals surface area contributed by atoms with E-state index in [1.54, 1.807) is 26.8 Å².